The molecular formula is C19H21N3. The lowest BCUT2D eigenvalue weighted by molar-refractivity contribution is 0.459. The van der Waals surface area contributed by atoms with Crippen LogP contribution in [0.15, 0.2) is 42.7 Å². The Balaban J connectivity index is 1.74. The second-order valence-electron chi connectivity index (χ2n) is 6.19. The fraction of sp³-hybridized carbons (Fsp3) is 0.316. The van der Waals surface area contributed by atoms with Gasteiger partial charge in [-0.15, -0.1) is 0 Å². The molecule has 0 amide bonds. The van der Waals surface area contributed by atoms with Crippen LogP contribution in [0.1, 0.15) is 29.9 Å². The average molecular weight is 291 g/mol. The molecule has 4 rings (SSSR count). The minimum absolute atomic E-state index is 0.708. The lowest BCUT2D eigenvalue weighted by Crippen LogP contribution is -2.26. The first-order valence-electron chi connectivity index (χ1n) is 8.06. The zero-order valence-electron chi connectivity index (χ0n) is 12.9. The van der Waals surface area contributed by atoms with Gasteiger partial charge in [0.15, 0.2) is 0 Å². The van der Waals surface area contributed by atoms with E-state index in [1.165, 1.54) is 40.5 Å². The summed E-state index contributed by atoms with van der Waals surface area (Å²) < 4.78 is 0. The molecule has 1 aliphatic heterocycles. The largest absolute Gasteiger partial charge is 0.346 e. The summed E-state index contributed by atoms with van der Waals surface area (Å²) >= 11 is 0. The van der Waals surface area contributed by atoms with Crippen LogP contribution in [0.3, 0.4) is 0 Å². The summed E-state index contributed by atoms with van der Waals surface area (Å²) in [7, 11) is 0. The van der Waals surface area contributed by atoms with Crippen LogP contribution in [0.5, 0.6) is 0 Å². The van der Waals surface area contributed by atoms with Gasteiger partial charge in [-0.3, -0.25) is 0 Å². The van der Waals surface area contributed by atoms with Gasteiger partial charge in [0.2, 0.25) is 0 Å². The third-order valence-electron chi connectivity index (χ3n) is 4.82. The number of aromatic amines is 1. The number of nitrogens with zero attached hydrogens (tertiary/aromatic N) is 1. The highest BCUT2D eigenvalue weighted by atomic mass is 14.9. The molecule has 1 aliphatic rings. The minimum Gasteiger partial charge on any atom is -0.346 e. The van der Waals surface area contributed by atoms with Crippen molar-refractivity contribution >= 4 is 11.0 Å². The predicted octanol–water partition coefficient (Wildman–Crippen LogP) is 4.01. The van der Waals surface area contributed by atoms with Crippen molar-refractivity contribution in [3.63, 3.8) is 0 Å². The number of aryl methyl sites for hydroxylation is 1. The van der Waals surface area contributed by atoms with Crippen molar-refractivity contribution in [1.82, 2.24) is 15.3 Å². The van der Waals surface area contributed by atoms with E-state index in [9.17, 15) is 0 Å². The molecule has 0 aliphatic carbocycles. The summed E-state index contributed by atoms with van der Waals surface area (Å²) in [6, 6.07) is 11.1. The van der Waals surface area contributed by atoms with Crippen LogP contribution >= 0.6 is 0 Å². The molecule has 22 heavy (non-hydrogen) atoms. The first-order chi connectivity index (χ1) is 10.8. The maximum atomic E-state index is 4.38. The minimum atomic E-state index is 0.708. The van der Waals surface area contributed by atoms with E-state index in [1.807, 2.05) is 12.4 Å². The van der Waals surface area contributed by atoms with Gasteiger partial charge < -0.3 is 10.3 Å². The molecule has 1 fully saturated rings. The number of aromatic nitrogens is 2. The zero-order valence-corrected chi connectivity index (χ0v) is 12.9. The van der Waals surface area contributed by atoms with Crippen LogP contribution in [-0.2, 0) is 0 Å². The van der Waals surface area contributed by atoms with Crippen molar-refractivity contribution in [2.24, 2.45) is 0 Å². The Bertz CT molecular complexity index is 797. The van der Waals surface area contributed by atoms with E-state index in [0.717, 1.165) is 18.7 Å². The molecule has 0 radical (unpaired) electrons. The first-order valence-corrected chi connectivity index (χ1v) is 8.06. The summed E-state index contributed by atoms with van der Waals surface area (Å²) in [4.78, 5) is 7.57. The Kier molecular flexibility index (Phi) is 3.43. The van der Waals surface area contributed by atoms with E-state index in [4.69, 9.17) is 0 Å². The maximum absolute atomic E-state index is 4.38. The van der Waals surface area contributed by atoms with Crippen LogP contribution in [0, 0.1) is 6.92 Å². The van der Waals surface area contributed by atoms with Gasteiger partial charge in [-0.2, -0.15) is 0 Å². The zero-order chi connectivity index (χ0) is 14.9. The number of nitrogens with one attached hydrogen (secondary N) is 2. The normalized spacial score (nSPS) is 16.2. The molecule has 2 N–H and O–H groups in total. The standard InChI is InChI=1S/C19H21N3/c1-13-12-15(2-3-16(13)14-4-8-20-9-5-14)17-6-10-21-19-18(17)7-11-22-19/h2-3,6-7,10-12,14,20H,4-5,8-9H2,1H3,(H,21,22). The number of hydrogen-bond donors (Lipinski definition) is 2. The predicted molar refractivity (Wildman–Crippen MR) is 91.1 cm³/mol. The summed E-state index contributed by atoms with van der Waals surface area (Å²) in [5.41, 5.74) is 6.42. The quantitative estimate of drug-likeness (QED) is 0.749. The number of hydrogen-bond acceptors (Lipinski definition) is 2. The Labute approximate surface area is 130 Å². The van der Waals surface area contributed by atoms with E-state index in [2.05, 4.69) is 52.5 Å². The summed E-state index contributed by atoms with van der Waals surface area (Å²) in [6.45, 7) is 4.52. The van der Waals surface area contributed by atoms with Crippen LogP contribution < -0.4 is 5.32 Å². The Morgan fingerprint density at radius 1 is 1.09 bits per heavy atom. The summed E-state index contributed by atoms with van der Waals surface area (Å²) in [5, 5.41) is 4.64. The molecule has 3 nitrogen and oxygen atoms in total. The number of rotatable bonds is 2. The second kappa shape index (κ2) is 5.58. The van der Waals surface area contributed by atoms with Gasteiger partial charge in [0, 0.05) is 17.8 Å². The molecule has 2 aromatic heterocycles. The Hall–Kier alpha value is -2.13. The third kappa shape index (κ3) is 2.32. The second-order valence-corrected chi connectivity index (χ2v) is 6.19. The molecule has 112 valence electrons. The fourth-order valence-electron chi connectivity index (χ4n) is 3.65. The van der Waals surface area contributed by atoms with Gasteiger partial charge in [0.05, 0.1) is 0 Å². The van der Waals surface area contributed by atoms with Crippen LogP contribution in [0.2, 0.25) is 0 Å². The van der Waals surface area contributed by atoms with Crippen molar-refractivity contribution in [2.75, 3.05) is 13.1 Å². The van der Waals surface area contributed by atoms with E-state index in [-0.39, 0.29) is 0 Å². The first kappa shape index (κ1) is 13.5. The van der Waals surface area contributed by atoms with E-state index in [1.54, 1.807) is 0 Å². The van der Waals surface area contributed by atoms with Gasteiger partial charge >= 0.3 is 0 Å². The summed E-state index contributed by atoms with van der Waals surface area (Å²) in [5.74, 6) is 0.708. The van der Waals surface area contributed by atoms with E-state index in [0.29, 0.717) is 5.92 Å². The smallest absolute Gasteiger partial charge is 0.137 e. The SMILES string of the molecule is Cc1cc(-c2ccnc3[nH]ccc23)ccc1C1CCNCC1. The lowest BCUT2D eigenvalue weighted by Gasteiger charge is -2.24. The van der Waals surface area contributed by atoms with Crippen molar-refractivity contribution in [3.8, 4) is 11.1 Å². The molecule has 0 spiro atoms. The maximum Gasteiger partial charge on any atom is 0.137 e. The van der Waals surface area contributed by atoms with Crippen LogP contribution in [0.25, 0.3) is 22.2 Å². The van der Waals surface area contributed by atoms with Gasteiger partial charge in [-0.1, -0.05) is 18.2 Å². The molecule has 1 saturated heterocycles. The molecule has 3 heteroatoms. The number of benzene rings is 1. The number of pyridine rings is 1. The molecule has 1 aromatic carbocycles. The third-order valence-corrected chi connectivity index (χ3v) is 4.82. The summed E-state index contributed by atoms with van der Waals surface area (Å²) in [6.07, 6.45) is 6.33. The lowest BCUT2D eigenvalue weighted by atomic mass is 9.86. The number of piperidine rings is 1. The van der Waals surface area contributed by atoms with E-state index < -0.39 is 0 Å². The molecule has 3 aromatic rings. The fourth-order valence-corrected chi connectivity index (χ4v) is 3.65. The van der Waals surface area contributed by atoms with Gasteiger partial charge in [-0.25, -0.2) is 4.98 Å². The van der Waals surface area contributed by atoms with Crippen molar-refractivity contribution in [2.45, 2.75) is 25.7 Å². The van der Waals surface area contributed by atoms with Crippen molar-refractivity contribution in [1.29, 1.82) is 0 Å². The molecule has 0 bridgehead atoms. The number of H-pyrrole nitrogens is 1. The van der Waals surface area contributed by atoms with Crippen molar-refractivity contribution < 1.29 is 0 Å². The van der Waals surface area contributed by atoms with Gasteiger partial charge in [0.1, 0.15) is 5.65 Å². The van der Waals surface area contributed by atoms with Gasteiger partial charge in [-0.05, 0) is 73.2 Å². The van der Waals surface area contributed by atoms with Crippen LogP contribution in [0.4, 0.5) is 0 Å². The highest BCUT2D eigenvalue weighted by Crippen LogP contribution is 2.33. The molecule has 3 heterocycles. The molecule has 0 unspecified atom stereocenters. The van der Waals surface area contributed by atoms with Crippen LogP contribution in [-0.4, -0.2) is 23.1 Å². The molecule has 0 saturated carbocycles. The number of fused-ring (bicyclic) bond motifs is 1. The average Bonchev–Trinajstić information content (AvgIpc) is 3.04. The van der Waals surface area contributed by atoms with Crippen molar-refractivity contribution in [3.05, 3.63) is 53.9 Å². The monoisotopic (exact) mass is 291 g/mol. The highest BCUT2D eigenvalue weighted by Gasteiger charge is 2.17. The topological polar surface area (TPSA) is 40.7 Å². The Morgan fingerprint density at radius 3 is 2.77 bits per heavy atom. The molecular weight excluding hydrogens is 270 g/mol. The molecule has 0 atom stereocenters. The Morgan fingerprint density at radius 2 is 1.95 bits per heavy atom. The van der Waals surface area contributed by atoms with E-state index >= 15 is 0 Å². The van der Waals surface area contributed by atoms with Gasteiger partial charge in [0.25, 0.3) is 0 Å². The highest BCUT2D eigenvalue weighted by molar-refractivity contribution is 5.92.